The molecule has 0 bridgehead atoms. The van der Waals surface area contributed by atoms with Crippen LogP contribution in [0.3, 0.4) is 0 Å². The Hall–Kier alpha value is -2.76. The Labute approximate surface area is 191 Å². The fourth-order valence-electron chi connectivity index (χ4n) is 3.09. The van der Waals surface area contributed by atoms with E-state index < -0.39 is 10.0 Å². The van der Waals surface area contributed by atoms with E-state index in [2.05, 4.69) is 10.2 Å². The fraction of sp³-hybridized carbons (Fsp3) is 0.333. The van der Waals surface area contributed by atoms with Crippen molar-refractivity contribution in [3.63, 3.8) is 0 Å². The molecule has 2 heterocycles. The van der Waals surface area contributed by atoms with Crippen LogP contribution in [0, 0.1) is 0 Å². The van der Waals surface area contributed by atoms with Gasteiger partial charge in [0.1, 0.15) is 12.4 Å². The second-order valence-electron chi connectivity index (χ2n) is 7.22. The van der Waals surface area contributed by atoms with Crippen LogP contribution in [0.1, 0.15) is 11.9 Å². The third-order valence-corrected chi connectivity index (χ3v) is 7.66. The van der Waals surface area contributed by atoms with Crippen LogP contribution in [-0.2, 0) is 17.1 Å². The van der Waals surface area contributed by atoms with Gasteiger partial charge in [0.15, 0.2) is 28.6 Å². The maximum absolute atomic E-state index is 12.1. The van der Waals surface area contributed by atoms with Crippen molar-refractivity contribution >= 4 is 21.8 Å². The molecule has 1 unspecified atom stereocenters. The van der Waals surface area contributed by atoms with E-state index in [4.69, 9.17) is 14.2 Å². The Morgan fingerprint density at radius 3 is 2.56 bits per heavy atom. The molecule has 0 fully saturated rings. The molecule has 1 aliphatic heterocycles. The highest BCUT2D eigenvalue weighted by molar-refractivity contribution is 7.99. The fourth-order valence-corrected chi connectivity index (χ4v) is 4.73. The number of sulfonamides is 1. The van der Waals surface area contributed by atoms with Gasteiger partial charge < -0.3 is 18.8 Å². The van der Waals surface area contributed by atoms with Crippen molar-refractivity contribution in [2.45, 2.75) is 16.2 Å². The van der Waals surface area contributed by atoms with E-state index in [1.165, 1.54) is 42.3 Å². The molecule has 32 heavy (non-hydrogen) atoms. The van der Waals surface area contributed by atoms with Gasteiger partial charge in [0.25, 0.3) is 0 Å². The van der Waals surface area contributed by atoms with Crippen LogP contribution in [0.15, 0.2) is 58.6 Å². The summed E-state index contributed by atoms with van der Waals surface area (Å²) < 4.78 is 44.8. The van der Waals surface area contributed by atoms with E-state index in [0.29, 0.717) is 36.3 Å². The second-order valence-corrected chi connectivity index (χ2v) is 10.4. The number of aromatic nitrogens is 3. The van der Waals surface area contributed by atoms with Crippen molar-refractivity contribution in [3.8, 4) is 17.2 Å². The normalized spacial score (nSPS) is 15.7. The summed E-state index contributed by atoms with van der Waals surface area (Å²) in [6, 6.07) is 13.9. The average molecular weight is 477 g/mol. The second kappa shape index (κ2) is 9.39. The number of ether oxygens (including phenoxy) is 3. The zero-order valence-corrected chi connectivity index (χ0v) is 19.6. The lowest BCUT2D eigenvalue weighted by Crippen LogP contribution is -2.24. The zero-order chi connectivity index (χ0) is 22.7. The molecule has 9 nitrogen and oxygen atoms in total. The summed E-state index contributed by atoms with van der Waals surface area (Å²) in [5, 5.41) is 9.29. The van der Waals surface area contributed by atoms with Crippen LogP contribution >= 0.6 is 11.8 Å². The van der Waals surface area contributed by atoms with Gasteiger partial charge in [-0.3, -0.25) is 0 Å². The highest BCUT2D eigenvalue weighted by Gasteiger charge is 2.27. The first-order valence-corrected chi connectivity index (χ1v) is 12.3. The summed E-state index contributed by atoms with van der Waals surface area (Å²) in [6.45, 7) is 0.805. The number of hydrogen-bond donors (Lipinski definition) is 0. The Kier molecular flexibility index (Phi) is 6.58. The summed E-state index contributed by atoms with van der Waals surface area (Å²) in [4.78, 5) is 0.229. The maximum atomic E-state index is 12.1. The molecule has 2 aromatic carbocycles. The summed E-state index contributed by atoms with van der Waals surface area (Å²) in [5.74, 6) is 3.37. The van der Waals surface area contributed by atoms with Crippen molar-refractivity contribution in [2.75, 3.05) is 33.1 Å². The van der Waals surface area contributed by atoms with Gasteiger partial charge in [-0.15, -0.1) is 10.2 Å². The van der Waals surface area contributed by atoms with Crippen LogP contribution in [0.25, 0.3) is 0 Å². The van der Waals surface area contributed by atoms with Crippen molar-refractivity contribution in [1.29, 1.82) is 0 Å². The Morgan fingerprint density at radius 2 is 1.84 bits per heavy atom. The summed E-state index contributed by atoms with van der Waals surface area (Å²) >= 11 is 1.51. The van der Waals surface area contributed by atoms with Crippen LogP contribution in [0.4, 0.5) is 0 Å². The van der Waals surface area contributed by atoms with E-state index in [1.807, 2.05) is 35.9 Å². The molecule has 11 heteroatoms. The molecule has 3 aromatic rings. The van der Waals surface area contributed by atoms with Crippen molar-refractivity contribution in [3.05, 3.63) is 54.4 Å². The van der Waals surface area contributed by atoms with E-state index in [-0.39, 0.29) is 11.0 Å². The number of para-hydroxylation sites is 2. The van der Waals surface area contributed by atoms with E-state index in [0.717, 1.165) is 10.9 Å². The highest BCUT2D eigenvalue weighted by atomic mass is 32.2. The Morgan fingerprint density at radius 1 is 1.12 bits per heavy atom. The number of thioether (sulfide) groups is 1. The van der Waals surface area contributed by atoms with E-state index >= 15 is 0 Å². The van der Waals surface area contributed by atoms with Crippen molar-refractivity contribution < 1.29 is 22.6 Å². The molecule has 1 aromatic heterocycles. The molecule has 0 saturated carbocycles. The molecule has 0 spiro atoms. The lowest BCUT2D eigenvalue weighted by Gasteiger charge is -2.25. The van der Waals surface area contributed by atoms with Crippen molar-refractivity contribution in [2.24, 2.45) is 7.05 Å². The zero-order valence-electron chi connectivity index (χ0n) is 18.0. The minimum absolute atomic E-state index is 0.229. The van der Waals surface area contributed by atoms with Gasteiger partial charge in [0.2, 0.25) is 10.0 Å². The number of rotatable bonds is 8. The quantitative estimate of drug-likeness (QED) is 0.362. The molecule has 0 aliphatic carbocycles. The first-order chi connectivity index (χ1) is 15.4. The van der Waals surface area contributed by atoms with Gasteiger partial charge in [0.05, 0.1) is 11.5 Å². The van der Waals surface area contributed by atoms with Crippen molar-refractivity contribution in [1.82, 2.24) is 19.1 Å². The van der Waals surface area contributed by atoms with Crippen LogP contribution in [0.5, 0.6) is 17.2 Å². The number of benzene rings is 2. The van der Waals surface area contributed by atoms with Crippen LogP contribution in [0.2, 0.25) is 0 Å². The summed E-state index contributed by atoms with van der Waals surface area (Å²) in [5.41, 5.74) is 0. The largest absolute Gasteiger partial charge is 0.493 e. The minimum atomic E-state index is -3.45. The van der Waals surface area contributed by atoms with Crippen LogP contribution < -0.4 is 14.2 Å². The maximum Gasteiger partial charge on any atom is 0.242 e. The number of fused-ring (bicyclic) bond motifs is 1. The van der Waals surface area contributed by atoms with E-state index in [9.17, 15) is 8.42 Å². The molecule has 0 saturated heterocycles. The topological polar surface area (TPSA) is 95.8 Å². The van der Waals surface area contributed by atoms with Crippen LogP contribution in [-0.4, -0.2) is 60.5 Å². The molecule has 0 radical (unpaired) electrons. The monoisotopic (exact) mass is 476 g/mol. The number of nitrogens with zero attached hydrogens (tertiary/aromatic N) is 4. The van der Waals surface area contributed by atoms with Gasteiger partial charge in [0, 0.05) is 26.9 Å². The molecule has 4 rings (SSSR count). The molecule has 170 valence electrons. The molecule has 0 N–H and O–H groups in total. The van der Waals surface area contributed by atoms with Gasteiger partial charge >= 0.3 is 0 Å². The van der Waals surface area contributed by atoms with E-state index in [1.54, 1.807) is 12.1 Å². The molecular weight excluding hydrogens is 452 g/mol. The molecule has 1 atom stereocenters. The minimum Gasteiger partial charge on any atom is -0.493 e. The average Bonchev–Trinajstić information content (AvgIpc) is 3.16. The lowest BCUT2D eigenvalue weighted by atomic mass is 10.2. The third kappa shape index (κ3) is 4.69. The first kappa shape index (κ1) is 22.4. The summed E-state index contributed by atoms with van der Waals surface area (Å²) in [7, 11) is 1.45. The third-order valence-electron chi connectivity index (χ3n) is 4.85. The number of hydrogen-bond acceptors (Lipinski definition) is 8. The van der Waals surface area contributed by atoms with Gasteiger partial charge in [-0.25, -0.2) is 12.7 Å². The molecular formula is C21H24N4O5S2. The Balaban J connectivity index is 1.30. The van der Waals surface area contributed by atoms with Gasteiger partial charge in [-0.2, -0.15) is 0 Å². The highest BCUT2D eigenvalue weighted by Crippen LogP contribution is 2.35. The first-order valence-electron chi connectivity index (χ1n) is 9.92. The van der Waals surface area contributed by atoms with Gasteiger partial charge in [-0.1, -0.05) is 23.9 Å². The predicted octanol–water partition coefficient (Wildman–Crippen LogP) is 2.75. The Bertz CT molecular complexity index is 1180. The smallest absolute Gasteiger partial charge is 0.242 e. The standard InChI is InChI=1S/C21H24N4O5S2/c1-24(2)32(26,27)16-10-8-15(9-11-16)28-12-13-31-21-23-22-20(25(21)3)19-14-29-17-6-4-5-7-18(17)30-19/h4-11,19H,12-14H2,1-3H3. The predicted molar refractivity (Wildman–Crippen MR) is 120 cm³/mol. The lowest BCUT2D eigenvalue weighted by molar-refractivity contribution is 0.0825. The SMILES string of the molecule is CN(C)S(=O)(=O)c1ccc(OCCSc2nnc(C3COc4ccccc4O3)n2C)cc1. The van der Waals surface area contributed by atoms with Gasteiger partial charge in [-0.05, 0) is 36.4 Å². The summed E-state index contributed by atoms with van der Waals surface area (Å²) in [6.07, 6.45) is -0.329. The molecule has 1 aliphatic rings. The molecule has 0 amide bonds.